The van der Waals surface area contributed by atoms with Gasteiger partial charge in [-0.1, -0.05) is 20.8 Å². The number of furan rings is 1. The fourth-order valence-electron chi connectivity index (χ4n) is 1.34. The van der Waals surface area contributed by atoms with Crippen LogP contribution in [0.2, 0.25) is 0 Å². The van der Waals surface area contributed by atoms with Gasteiger partial charge in [0.1, 0.15) is 23.0 Å². The maximum atomic E-state index is 12.2. The van der Waals surface area contributed by atoms with Gasteiger partial charge in [0, 0.05) is 12.1 Å². The monoisotopic (exact) mass is 275 g/mol. The fraction of sp³-hybridized carbons (Fsp3) is 0.667. The van der Waals surface area contributed by atoms with E-state index in [-0.39, 0.29) is 34.5 Å². The van der Waals surface area contributed by atoms with Crippen LogP contribution in [0.5, 0.6) is 0 Å². The number of hydrogen-bond acceptors (Lipinski definition) is 4. The molecule has 1 aromatic rings. The normalized spacial score (nSPS) is 14.8. The highest BCUT2D eigenvalue weighted by Gasteiger charge is 2.28. The van der Waals surface area contributed by atoms with Crippen molar-refractivity contribution in [3.63, 3.8) is 0 Å². The third kappa shape index (κ3) is 3.34. The second-order valence-corrected chi connectivity index (χ2v) is 7.18. The molecule has 0 radical (unpaired) electrons. The van der Waals surface area contributed by atoms with Crippen molar-refractivity contribution in [2.24, 2.45) is 5.41 Å². The Morgan fingerprint density at radius 3 is 2.39 bits per heavy atom. The van der Waals surface area contributed by atoms with E-state index in [1.54, 1.807) is 6.92 Å². The molecule has 0 amide bonds. The summed E-state index contributed by atoms with van der Waals surface area (Å²) >= 11 is 0. The van der Waals surface area contributed by atoms with Gasteiger partial charge >= 0.3 is 0 Å². The van der Waals surface area contributed by atoms with Gasteiger partial charge in [0.05, 0.1) is 0 Å². The van der Waals surface area contributed by atoms with Crippen molar-refractivity contribution in [3.05, 3.63) is 17.6 Å². The molecule has 1 atom stereocenters. The average molecular weight is 275 g/mol. The lowest BCUT2D eigenvalue weighted by Gasteiger charge is -2.27. The molecule has 0 fully saturated rings. The van der Waals surface area contributed by atoms with Gasteiger partial charge < -0.3 is 9.52 Å². The van der Waals surface area contributed by atoms with Crippen molar-refractivity contribution < 1.29 is 17.9 Å². The van der Waals surface area contributed by atoms with E-state index in [9.17, 15) is 8.42 Å². The van der Waals surface area contributed by atoms with Crippen LogP contribution >= 0.6 is 0 Å². The summed E-state index contributed by atoms with van der Waals surface area (Å²) in [6.07, 6.45) is 0. The Morgan fingerprint density at radius 1 is 1.44 bits per heavy atom. The summed E-state index contributed by atoms with van der Waals surface area (Å²) in [5.41, 5.74) is -0.176. The zero-order chi connectivity index (χ0) is 14.1. The maximum absolute atomic E-state index is 12.2. The van der Waals surface area contributed by atoms with Gasteiger partial charge in [-0.25, -0.2) is 13.1 Å². The predicted molar refractivity (Wildman–Crippen MR) is 68.6 cm³/mol. The first-order chi connectivity index (χ1) is 8.08. The smallest absolute Gasteiger partial charge is 0.244 e. The third-order valence-corrected chi connectivity index (χ3v) is 4.65. The van der Waals surface area contributed by atoms with E-state index in [1.807, 2.05) is 27.7 Å². The SMILES string of the molecule is Cc1oc(CO)cc1S(=O)(=O)NC(C)C(C)(C)C. The van der Waals surface area contributed by atoms with E-state index in [4.69, 9.17) is 9.52 Å². The minimum Gasteiger partial charge on any atom is -0.462 e. The molecule has 18 heavy (non-hydrogen) atoms. The lowest BCUT2D eigenvalue weighted by Crippen LogP contribution is -2.41. The highest BCUT2D eigenvalue weighted by Crippen LogP contribution is 2.24. The zero-order valence-corrected chi connectivity index (χ0v) is 12.3. The van der Waals surface area contributed by atoms with Gasteiger partial charge in [-0.15, -0.1) is 0 Å². The Hall–Kier alpha value is -0.850. The van der Waals surface area contributed by atoms with Gasteiger partial charge in [0.25, 0.3) is 0 Å². The number of hydrogen-bond donors (Lipinski definition) is 2. The minimum absolute atomic E-state index is 0.0858. The second-order valence-electron chi connectivity index (χ2n) is 5.50. The Labute approximate surface area is 108 Å². The number of aliphatic hydroxyl groups excluding tert-OH is 1. The Bertz CT molecular complexity index is 511. The van der Waals surface area contributed by atoms with E-state index in [1.165, 1.54) is 6.07 Å². The van der Waals surface area contributed by atoms with Gasteiger partial charge in [0.2, 0.25) is 10.0 Å². The predicted octanol–water partition coefficient (Wildman–Crippen LogP) is 1.79. The van der Waals surface area contributed by atoms with Crippen LogP contribution in [-0.2, 0) is 16.6 Å². The van der Waals surface area contributed by atoms with Crippen molar-refractivity contribution in [1.29, 1.82) is 0 Å². The molecule has 0 aliphatic rings. The van der Waals surface area contributed by atoms with Crippen LogP contribution in [0.15, 0.2) is 15.4 Å². The summed E-state index contributed by atoms with van der Waals surface area (Å²) in [5, 5.41) is 8.94. The summed E-state index contributed by atoms with van der Waals surface area (Å²) in [7, 11) is -3.62. The lowest BCUT2D eigenvalue weighted by atomic mass is 9.89. The summed E-state index contributed by atoms with van der Waals surface area (Å²) in [4.78, 5) is 0.0858. The van der Waals surface area contributed by atoms with Gasteiger partial charge in [-0.05, 0) is 19.3 Å². The second kappa shape index (κ2) is 5.03. The summed E-state index contributed by atoms with van der Waals surface area (Å²) in [6.45, 7) is 8.95. The Balaban J connectivity index is 3.03. The molecule has 0 aliphatic carbocycles. The molecular weight excluding hydrogens is 254 g/mol. The molecule has 0 aromatic carbocycles. The van der Waals surface area contributed by atoms with E-state index in [0.717, 1.165) is 0 Å². The van der Waals surface area contributed by atoms with Crippen molar-refractivity contribution >= 4 is 10.0 Å². The van der Waals surface area contributed by atoms with Gasteiger partial charge in [-0.2, -0.15) is 0 Å². The largest absolute Gasteiger partial charge is 0.462 e. The Morgan fingerprint density at radius 2 is 2.00 bits per heavy atom. The summed E-state index contributed by atoms with van der Waals surface area (Å²) in [5.74, 6) is 0.531. The van der Waals surface area contributed by atoms with E-state index >= 15 is 0 Å². The highest BCUT2D eigenvalue weighted by molar-refractivity contribution is 7.89. The molecular formula is C12H21NO4S. The molecule has 104 valence electrons. The highest BCUT2D eigenvalue weighted by atomic mass is 32.2. The number of sulfonamides is 1. The van der Waals surface area contributed by atoms with Crippen LogP contribution in [-0.4, -0.2) is 19.6 Å². The lowest BCUT2D eigenvalue weighted by molar-refractivity contribution is 0.244. The number of aliphatic hydroxyl groups is 1. The molecule has 0 saturated heterocycles. The Kier molecular flexibility index (Phi) is 4.25. The van der Waals surface area contributed by atoms with Crippen LogP contribution in [0, 0.1) is 12.3 Å². The quantitative estimate of drug-likeness (QED) is 0.878. The number of rotatable bonds is 4. The molecule has 1 rings (SSSR count). The van der Waals surface area contributed by atoms with Crippen molar-refractivity contribution in [2.75, 3.05) is 0 Å². The molecule has 5 nitrogen and oxygen atoms in total. The summed E-state index contributed by atoms with van der Waals surface area (Å²) in [6, 6.07) is 1.14. The fourth-order valence-corrected chi connectivity index (χ4v) is 2.99. The van der Waals surface area contributed by atoms with Crippen molar-refractivity contribution in [1.82, 2.24) is 4.72 Å². The van der Waals surface area contributed by atoms with Gasteiger partial charge in [0.15, 0.2) is 0 Å². The molecule has 2 N–H and O–H groups in total. The van der Waals surface area contributed by atoms with Crippen molar-refractivity contribution in [2.45, 2.75) is 52.2 Å². The maximum Gasteiger partial charge on any atom is 0.244 e. The van der Waals surface area contributed by atoms with E-state index < -0.39 is 10.0 Å². The molecule has 0 spiro atoms. The minimum atomic E-state index is -3.62. The molecule has 1 unspecified atom stereocenters. The third-order valence-electron chi connectivity index (χ3n) is 3.00. The van der Waals surface area contributed by atoms with Crippen LogP contribution in [0.3, 0.4) is 0 Å². The van der Waals surface area contributed by atoms with E-state index in [0.29, 0.717) is 0 Å². The molecule has 1 heterocycles. The summed E-state index contributed by atoms with van der Waals surface area (Å²) < 4.78 is 32.1. The average Bonchev–Trinajstić information content (AvgIpc) is 2.58. The first-order valence-corrected chi connectivity index (χ1v) is 7.28. The first-order valence-electron chi connectivity index (χ1n) is 5.80. The van der Waals surface area contributed by atoms with Crippen LogP contribution < -0.4 is 4.72 Å². The topological polar surface area (TPSA) is 79.5 Å². The molecule has 0 bridgehead atoms. The molecule has 0 saturated carbocycles. The van der Waals surface area contributed by atoms with Gasteiger partial charge in [-0.3, -0.25) is 0 Å². The standard InChI is InChI=1S/C12H21NO4S/c1-8-11(6-10(7-14)17-8)18(15,16)13-9(2)12(3,4)5/h6,9,13-14H,7H2,1-5H3. The van der Waals surface area contributed by atoms with Crippen LogP contribution in [0.25, 0.3) is 0 Å². The number of nitrogens with one attached hydrogen (secondary N) is 1. The van der Waals surface area contributed by atoms with E-state index in [2.05, 4.69) is 4.72 Å². The van der Waals surface area contributed by atoms with Crippen LogP contribution in [0.1, 0.15) is 39.2 Å². The zero-order valence-electron chi connectivity index (χ0n) is 11.4. The van der Waals surface area contributed by atoms with Crippen LogP contribution in [0.4, 0.5) is 0 Å². The van der Waals surface area contributed by atoms with Crippen molar-refractivity contribution in [3.8, 4) is 0 Å². The number of aryl methyl sites for hydroxylation is 1. The molecule has 0 aliphatic heterocycles. The molecule has 6 heteroatoms. The molecule has 1 aromatic heterocycles. The first kappa shape index (κ1) is 15.2.